The number of carboxylic acids is 1. The van der Waals surface area contributed by atoms with Crippen molar-refractivity contribution in [3.63, 3.8) is 0 Å². The van der Waals surface area contributed by atoms with E-state index in [9.17, 15) is 23.1 Å². The number of nitrogens with zero attached hydrogens (tertiary/aromatic N) is 1. The number of hydrogen-bond acceptors (Lipinski definition) is 5. The molecule has 0 saturated heterocycles. The van der Waals surface area contributed by atoms with Gasteiger partial charge >= 0.3 is 12.3 Å². The van der Waals surface area contributed by atoms with Crippen molar-refractivity contribution in [2.45, 2.75) is 13.0 Å². The predicted octanol–water partition coefficient (Wildman–Crippen LogP) is 4.91. The second-order valence-electron chi connectivity index (χ2n) is 5.14. The molecule has 2 rings (SSSR count). The number of aliphatic carboxylic acids is 1. The molecular formula is C17H12Cl2F3NO5. The Bertz CT molecular complexity index is 880. The van der Waals surface area contributed by atoms with Crippen LogP contribution >= 0.6 is 23.2 Å². The van der Waals surface area contributed by atoms with Gasteiger partial charge in [-0.15, -0.1) is 13.2 Å². The number of ether oxygens (including phenoxy) is 2. The highest BCUT2D eigenvalue weighted by Crippen LogP contribution is 2.40. The third-order valence-electron chi connectivity index (χ3n) is 3.24. The molecule has 0 amide bonds. The van der Waals surface area contributed by atoms with Crippen molar-refractivity contribution in [3.8, 4) is 11.5 Å². The van der Waals surface area contributed by atoms with Gasteiger partial charge in [0.05, 0.1) is 10.0 Å². The van der Waals surface area contributed by atoms with Crippen LogP contribution in [0.4, 0.5) is 13.2 Å². The molecule has 0 bridgehead atoms. The summed E-state index contributed by atoms with van der Waals surface area (Å²) in [5, 5.41) is 11.9. The summed E-state index contributed by atoms with van der Waals surface area (Å²) in [6.45, 7) is -0.141. The Morgan fingerprint density at radius 2 is 1.79 bits per heavy atom. The van der Waals surface area contributed by atoms with Crippen LogP contribution in [0.1, 0.15) is 11.1 Å². The lowest BCUT2D eigenvalue weighted by molar-refractivity contribution is -0.274. The Kier molecular flexibility index (Phi) is 6.98. The van der Waals surface area contributed by atoms with Gasteiger partial charge in [-0.3, -0.25) is 0 Å². The van der Waals surface area contributed by atoms with Crippen LogP contribution in [0.15, 0.2) is 41.6 Å². The summed E-state index contributed by atoms with van der Waals surface area (Å²) in [5.41, 5.74) is 0.335. The zero-order valence-corrected chi connectivity index (χ0v) is 15.6. The summed E-state index contributed by atoms with van der Waals surface area (Å²) >= 11 is 11.6. The summed E-state index contributed by atoms with van der Waals surface area (Å²) in [5.74, 6) is -2.00. The molecular weight excluding hydrogens is 426 g/mol. The van der Waals surface area contributed by atoms with E-state index in [1.54, 1.807) is 18.2 Å². The topological polar surface area (TPSA) is 77.4 Å². The van der Waals surface area contributed by atoms with Crippen molar-refractivity contribution < 1.29 is 37.4 Å². The zero-order chi connectivity index (χ0) is 20.9. The Balaban J connectivity index is 2.26. The van der Waals surface area contributed by atoms with Crippen LogP contribution in [0, 0.1) is 0 Å². The van der Waals surface area contributed by atoms with Gasteiger partial charge in [0.15, 0.2) is 11.5 Å². The van der Waals surface area contributed by atoms with Crippen LogP contribution in [-0.2, 0) is 16.2 Å². The van der Waals surface area contributed by atoms with E-state index in [1.807, 2.05) is 0 Å². The van der Waals surface area contributed by atoms with Gasteiger partial charge in [0.25, 0.3) is 0 Å². The van der Waals surface area contributed by atoms with Crippen molar-refractivity contribution in [2.75, 3.05) is 7.11 Å². The minimum atomic E-state index is -4.96. The third kappa shape index (κ3) is 5.67. The van der Waals surface area contributed by atoms with Gasteiger partial charge in [0.1, 0.15) is 19.5 Å². The number of rotatable bonds is 7. The first-order chi connectivity index (χ1) is 13.1. The predicted molar refractivity (Wildman–Crippen MR) is 95.1 cm³/mol. The highest BCUT2D eigenvalue weighted by Gasteiger charge is 2.33. The van der Waals surface area contributed by atoms with Crippen molar-refractivity contribution >= 4 is 34.9 Å². The number of halogens is 5. The number of alkyl halides is 3. The minimum Gasteiger partial charge on any atom is -0.489 e. The molecule has 150 valence electrons. The summed E-state index contributed by atoms with van der Waals surface area (Å²) in [6.07, 6.45) is -4.96. The van der Waals surface area contributed by atoms with Crippen molar-refractivity contribution in [1.29, 1.82) is 0 Å². The Labute approximate surface area is 167 Å². The molecule has 6 nitrogen and oxygen atoms in total. The SMILES string of the molecule is CON=C(C(=O)O)c1ccccc1COc1cc(Cl)c(OC(F)(F)F)c(Cl)c1. The first-order valence-electron chi connectivity index (χ1n) is 7.42. The molecule has 0 heterocycles. The molecule has 11 heteroatoms. The van der Waals surface area contributed by atoms with E-state index in [2.05, 4.69) is 14.7 Å². The zero-order valence-electron chi connectivity index (χ0n) is 14.1. The Morgan fingerprint density at radius 3 is 2.32 bits per heavy atom. The minimum absolute atomic E-state index is 0.0554. The first kappa shape index (κ1) is 21.6. The largest absolute Gasteiger partial charge is 0.573 e. The van der Waals surface area contributed by atoms with E-state index in [-0.39, 0.29) is 23.6 Å². The second-order valence-corrected chi connectivity index (χ2v) is 5.95. The molecule has 0 aliphatic carbocycles. The van der Waals surface area contributed by atoms with Crippen LogP contribution in [0.3, 0.4) is 0 Å². The van der Waals surface area contributed by atoms with E-state index in [0.717, 1.165) is 12.1 Å². The summed E-state index contributed by atoms with van der Waals surface area (Å²) in [7, 11) is 1.20. The fraction of sp³-hybridized carbons (Fsp3) is 0.176. The molecule has 1 N–H and O–H groups in total. The van der Waals surface area contributed by atoms with Crippen molar-refractivity contribution in [1.82, 2.24) is 0 Å². The van der Waals surface area contributed by atoms with E-state index >= 15 is 0 Å². The highest BCUT2D eigenvalue weighted by molar-refractivity contribution is 6.42. The molecule has 28 heavy (non-hydrogen) atoms. The maximum Gasteiger partial charge on any atom is 0.573 e. The molecule has 0 unspecified atom stereocenters. The van der Waals surface area contributed by atoms with E-state index < -0.39 is 28.1 Å². The maximum absolute atomic E-state index is 12.4. The average molecular weight is 438 g/mol. The van der Waals surface area contributed by atoms with Gasteiger partial charge < -0.3 is 19.4 Å². The number of benzene rings is 2. The molecule has 0 radical (unpaired) electrons. The van der Waals surface area contributed by atoms with Crippen molar-refractivity contribution in [3.05, 3.63) is 57.6 Å². The average Bonchev–Trinajstić information content (AvgIpc) is 2.60. The molecule has 0 aliphatic heterocycles. The van der Waals surface area contributed by atoms with Crippen LogP contribution in [0.25, 0.3) is 0 Å². The van der Waals surface area contributed by atoms with Gasteiger partial charge in [0, 0.05) is 17.7 Å². The smallest absolute Gasteiger partial charge is 0.489 e. The first-order valence-corrected chi connectivity index (χ1v) is 8.18. The number of carboxylic acid groups (broad SMARTS) is 1. The van der Waals surface area contributed by atoms with Crippen LogP contribution in [0.5, 0.6) is 11.5 Å². The lowest BCUT2D eigenvalue weighted by atomic mass is 10.0. The van der Waals surface area contributed by atoms with Gasteiger partial charge in [-0.25, -0.2) is 4.79 Å². The summed E-state index contributed by atoms with van der Waals surface area (Å²) < 4.78 is 46.4. The molecule has 0 atom stereocenters. The molecule has 0 saturated carbocycles. The molecule has 2 aromatic rings. The van der Waals surface area contributed by atoms with Gasteiger partial charge in [-0.05, 0) is 5.56 Å². The normalized spacial score (nSPS) is 11.9. The molecule has 0 aliphatic rings. The molecule has 0 spiro atoms. The lowest BCUT2D eigenvalue weighted by Crippen LogP contribution is -2.18. The van der Waals surface area contributed by atoms with Crippen LogP contribution in [0.2, 0.25) is 10.0 Å². The van der Waals surface area contributed by atoms with E-state index in [1.165, 1.54) is 13.2 Å². The summed E-state index contributed by atoms with van der Waals surface area (Å²) in [4.78, 5) is 15.9. The van der Waals surface area contributed by atoms with Crippen LogP contribution in [-0.4, -0.2) is 30.3 Å². The number of hydrogen-bond donors (Lipinski definition) is 1. The molecule has 0 aromatic heterocycles. The van der Waals surface area contributed by atoms with Gasteiger partial charge in [0.2, 0.25) is 0 Å². The Hall–Kier alpha value is -2.65. The van der Waals surface area contributed by atoms with E-state index in [0.29, 0.717) is 5.56 Å². The number of oxime groups is 1. The fourth-order valence-corrected chi connectivity index (χ4v) is 2.71. The standard InChI is InChI=1S/C17H12Cl2F3NO5/c1-26-23-14(16(24)25)11-5-3-2-4-9(11)8-27-10-6-12(18)15(13(19)7-10)28-17(20,21)22/h2-7H,8H2,1H3,(H,24,25). The fourth-order valence-electron chi connectivity index (χ4n) is 2.17. The number of carbonyl (C=O) groups is 1. The van der Waals surface area contributed by atoms with Crippen molar-refractivity contribution in [2.24, 2.45) is 5.16 Å². The van der Waals surface area contributed by atoms with Gasteiger partial charge in [-0.1, -0.05) is 52.6 Å². The maximum atomic E-state index is 12.4. The van der Waals surface area contributed by atoms with Gasteiger partial charge in [-0.2, -0.15) is 0 Å². The second kappa shape index (κ2) is 9.03. The molecule has 2 aromatic carbocycles. The summed E-state index contributed by atoms with van der Waals surface area (Å²) in [6, 6.07) is 8.54. The monoisotopic (exact) mass is 437 g/mol. The quantitative estimate of drug-likeness (QED) is 0.491. The lowest BCUT2D eigenvalue weighted by Gasteiger charge is -2.15. The Morgan fingerprint density at radius 1 is 1.18 bits per heavy atom. The third-order valence-corrected chi connectivity index (χ3v) is 3.80. The highest BCUT2D eigenvalue weighted by atomic mass is 35.5. The van der Waals surface area contributed by atoms with E-state index in [4.69, 9.17) is 27.9 Å². The molecule has 0 fully saturated rings. The van der Waals surface area contributed by atoms with Crippen LogP contribution < -0.4 is 9.47 Å².